The topological polar surface area (TPSA) is 98.4 Å². The number of hydrogen-bond acceptors (Lipinski definition) is 7. The van der Waals surface area contributed by atoms with Gasteiger partial charge in [0.2, 0.25) is 0 Å². The summed E-state index contributed by atoms with van der Waals surface area (Å²) in [6.07, 6.45) is 1.43. The summed E-state index contributed by atoms with van der Waals surface area (Å²) in [6.45, 7) is 0.787. The number of amides is 1. The van der Waals surface area contributed by atoms with Crippen LogP contribution in [0.3, 0.4) is 0 Å². The quantitative estimate of drug-likeness (QED) is 0.346. The summed E-state index contributed by atoms with van der Waals surface area (Å²) in [6, 6.07) is 11.8. The number of methoxy groups -OCH3 is 1. The van der Waals surface area contributed by atoms with Crippen molar-refractivity contribution in [3.63, 3.8) is 0 Å². The Morgan fingerprint density at radius 1 is 1.09 bits per heavy atom. The van der Waals surface area contributed by atoms with Gasteiger partial charge in [-0.15, -0.1) is 0 Å². The van der Waals surface area contributed by atoms with E-state index in [1.807, 2.05) is 0 Å². The van der Waals surface area contributed by atoms with Gasteiger partial charge in [-0.25, -0.2) is 0 Å². The Bertz CT molecular complexity index is 1280. The number of rotatable bonds is 4. The van der Waals surface area contributed by atoms with Crippen molar-refractivity contribution in [2.45, 2.75) is 6.04 Å². The number of benzene rings is 2. The fourth-order valence-electron chi connectivity index (χ4n) is 3.95. The van der Waals surface area contributed by atoms with Gasteiger partial charge in [0, 0.05) is 17.3 Å². The standard InChI is InChI=1S/C24H18ClNO7/c1-30-14-5-6-16(25)15(12-14)22(27)20-21(18-3-2-8-31-18)26(24(29)23(20)28)13-4-7-17-19(11-13)33-10-9-32-17/h2-8,11-12,21,27H,9-10H2,1H3/b22-20-. The fourth-order valence-corrected chi connectivity index (χ4v) is 4.16. The van der Waals surface area contributed by atoms with Gasteiger partial charge in [0.15, 0.2) is 11.5 Å². The first kappa shape index (κ1) is 21.0. The molecule has 2 aliphatic heterocycles. The van der Waals surface area contributed by atoms with E-state index in [0.29, 0.717) is 41.9 Å². The lowest BCUT2D eigenvalue weighted by atomic mass is 9.99. The molecule has 9 heteroatoms. The summed E-state index contributed by atoms with van der Waals surface area (Å²) >= 11 is 6.30. The molecule has 3 aromatic rings. The minimum absolute atomic E-state index is 0.153. The summed E-state index contributed by atoms with van der Waals surface area (Å²) in [5.74, 6) is -0.412. The van der Waals surface area contributed by atoms with Gasteiger partial charge in [0.05, 0.1) is 24.0 Å². The van der Waals surface area contributed by atoms with E-state index in [0.717, 1.165) is 0 Å². The molecule has 168 valence electrons. The zero-order valence-electron chi connectivity index (χ0n) is 17.4. The monoisotopic (exact) mass is 467 g/mol. The summed E-state index contributed by atoms with van der Waals surface area (Å²) < 4.78 is 22.0. The van der Waals surface area contributed by atoms with Crippen molar-refractivity contribution in [1.29, 1.82) is 0 Å². The predicted molar refractivity (Wildman–Crippen MR) is 119 cm³/mol. The lowest BCUT2D eigenvalue weighted by Gasteiger charge is -2.25. The smallest absolute Gasteiger partial charge is 0.300 e. The number of hydrogen-bond donors (Lipinski definition) is 1. The largest absolute Gasteiger partial charge is 0.507 e. The molecule has 5 rings (SSSR count). The van der Waals surface area contributed by atoms with Crippen molar-refractivity contribution in [3.05, 3.63) is 76.7 Å². The van der Waals surface area contributed by atoms with Crippen molar-refractivity contribution in [2.75, 3.05) is 25.2 Å². The molecule has 0 radical (unpaired) electrons. The van der Waals surface area contributed by atoms with Crippen LogP contribution >= 0.6 is 11.6 Å². The molecule has 0 bridgehead atoms. The van der Waals surface area contributed by atoms with E-state index in [2.05, 4.69) is 0 Å². The van der Waals surface area contributed by atoms with E-state index in [1.54, 1.807) is 36.4 Å². The van der Waals surface area contributed by atoms with Crippen LogP contribution in [-0.2, 0) is 9.59 Å². The molecule has 3 heterocycles. The second-order valence-electron chi connectivity index (χ2n) is 7.36. The molecule has 0 spiro atoms. The first-order valence-corrected chi connectivity index (χ1v) is 10.5. The molecule has 1 aromatic heterocycles. The SMILES string of the molecule is COc1ccc(Cl)c(/C(O)=C2/C(=O)C(=O)N(c3ccc4c(c3)OCCO4)C2c2ccco2)c1. The Balaban J connectivity index is 1.69. The van der Waals surface area contributed by atoms with Gasteiger partial charge in [-0.05, 0) is 42.5 Å². The van der Waals surface area contributed by atoms with Gasteiger partial charge in [0.25, 0.3) is 11.7 Å². The minimum Gasteiger partial charge on any atom is -0.507 e. The molecule has 1 amide bonds. The van der Waals surface area contributed by atoms with Gasteiger partial charge < -0.3 is 23.7 Å². The van der Waals surface area contributed by atoms with E-state index in [1.165, 1.54) is 30.4 Å². The molecular formula is C24H18ClNO7. The van der Waals surface area contributed by atoms with E-state index in [-0.39, 0.29) is 16.2 Å². The van der Waals surface area contributed by atoms with Gasteiger partial charge in [0.1, 0.15) is 36.5 Å². The van der Waals surface area contributed by atoms with Gasteiger partial charge in [-0.2, -0.15) is 0 Å². The first-order chi connectivity index (χ1) is 16.0. The second kappa shape index (κ2) is 8.22. The number of ether oxygens (including phenoxy) is 3. The number of aliphatic hydroxyl groups excluding tert-OH is 1. The number of ketones is 1. The maximum Gasteiger partial charge on any atom is 0.300 e. The third kappa shape index (κ3) is 3.48. The van der Waals surface area contributed by atoms with Crippen molar-refractivity contribution in [1.82, 2.24) is 0 Å². The number of furan rings is 1. The highest BCUT2D eigenvalue weighted by molar-refractivity contribution is 6.52. The number of halogens is 1. The maximum absolute atomic E-state index is 13.2. The average molecular weight is 468 g/mol. The Morgan fingerprint density at radius 3 is 2.61 bits per heavy atom. The van der Waals surface area contributed by atoms with Crippen LogP contribution in [0, 0.1) is 0 Å². The third-order valence-electron chi connectivity index (χ3n) is 5.49. The van der Waals surface area contributed by atoms with Crippen molar-refractivity contribution in [3.8, 4) is 17.2 Å². The molecule has 1 saturated heterocycles. The van der Waals surface area contributed by atoms with E-state index < -0.39 is 23.5 Å². The molecular weight excluding hydrogens is 450 g/mol. The molecule has 2 aromatic carbocycles. The lowest BCUT2D eigenvalue weighted by Crippen LogP contribution is -2.29. The number of nitrogens with zero attached hydrogens (tertiary/aromatic N) is 1. The summed E-state index contributed by atoms with van der Waals surface area (Å²) in [7, 11) is 1.47. The molecule has 1 N–H and O–H groups in total. The van der Waals surface area contributed by atoms with Crippen LogP contribution in [0.15, 0.2) is 64.8 Å². The van der Waals surface area contributed by atoms with Crippen LogP contribution in [0.25, 0.3) is 5.76 Å². The van der Waals surface area contributed by atoms with Crippen molar-refractivity contribution in [2.24, 2.45) is 0 Å². The van der Waals surface area contributed by atoms with E-state index >= 15 is 0 Å². The predicted octanol–water partition coefficient (Wildman–Crippen LogP) is 4.34. The Kier molecular flexibility index (Phi) is 5.22. The molecule has 2 aliphatic rings. The zero-order valence-corrected chi connectivity index (χ0v) is 18.2. The summed E-state index contributed by atoms with van der Waals surface area (Å²) in [5.41, 5.74) is 0.395. The van der Waals surface area contributed by atoms with Gasteiger partial charge >= 0.3 is 0 Å². The molecule has 1 fully saturated rings. The molecule has 0 saturated carbocycles. The molecule has 8 nitrogen and oxygen atoms in total. The maximum atomic E-state index is 13.2. The third-order valence-corrected chi connectivity index (χ3v) is 5.82. The zero-order chi connectivity index (χ0) is 23.1. The highest BCUT2D eigenvalue weighted by Crippen LogP contribution is 2.45. The van der Waals surface area contributed by atoms with Crippen LogP contribution in [0.1, 0.15) is 17.4 Å². The number of fused-ring (bicyclic) bond motifs is 1. The van der Waals surface area contributed by atoms with Crippen LogP contribution in [-0.4, -0.2) is 37.1 Å². The highest BCUT2D eigenvalue weighted by Gasteiger charge is 2.48. The fraction of sp³-hybridized carbons (Fsp3) is 0.167. The Labute approximate surface area is 193 Å². The summed E-state index contributed by atoms with van der Waals surface area (Å²) in [5, 5.41) is 11.4. The Hall–Kier alpha value is -3.91. The molecule has 33 heavy (non-hydrogen) atoms. The normalized spacial score (nSPS) is 19.1. The van der Waals surface area contributed by atoms with Crippen LogP contribution < -0.4 is 19.1 Å². The van der Waals surface area contributed by atoms with Crippen LogP contribution in [0.4, 0.5) is 5.69 Å². The van der Waals surface area contributed by atoms with Gasteiger partial charge in [-0.1, -0.05) is 11.6 Å². The Morgan fingerprint density at radius 2 is 1.88 bits per heavy atom. The average Bonchev–Trinajstić information content (AvgIpc) is 3.45. The number of carbonyl (C=O) groups excluding carboxylic acids is 2. The number of anilines is 1. The van der Waals surface area contributed by atoms with E-state index in [9.17, 15) is 14.7 Å². The second-order valence-corrected chi connectivity index (χ2v) is 7.77. The van der Waals surface area contributed by atoms with Gasteiger partial charge in [-0.3, -0.25) is 14.5 Å². The van der Waals surface area contributed by atoms with Crippen molar-refractivity contribution < 1.29 is 33.3 Å². The number of aliphatic hydroxyl groups is 1. The lowest BCUT2D eigenvalue weighted by molar-refractivity contribution is -0.132. The molecule has 1 atom stereocenters. The van der Waals surface area contributed by atoms with E-state index in [4.69, 9.17) is 30.2 Å². The van der Waals surface area contributed by atoms with Crippen molar-refractivity contribution >= 4 is 34.7 Å². The number of Topliss-reactive ketones (excluding diaryl/α,β-unsaturated/α-hetero) is 1. The number of carbonyl (C=O) groups is 2. The highest BCUT2D eigenvalue weighted by atomic mass is 35.5. The molecule has 0 aliphatic carbocycles. The molecule has 1 unspecified atom stereocenters. The first-order valence-electron chi connectivity index (χ1n) is 10.1. The van der Waals surface area contributed by atoms with Crippen LogP contribution in [0.5, 0.6) is 17.2 Å². The summed E-state index contributed by atoms with van der Waals surface area (Å²) in [4.78, 5) is 27.6. The minimum atomic E-state index is -1.02. The van der Waals surface area contributed by atoms with Crippen LogP contribution in [0.2, 0.25) is 5.02 Å².